The summed E-state index contributed by atoms with van der Waals surface area (Å²) in [5.41, 5.74) is 1.15. The third-order valence-corrected chi connectivity index (χ3v) is 5.31. The zero-order valence-electron chi connectivity index (χ0n) is 16.6. The van der Waals surface area contributed by atoms with Crippen molar-refractivity contribution in [2.45, 2.75) is 45.6 Å². The summed E-state index contributed by atoms with van der Waals surface area (Å²) in [6.07, 6.45) is 2.59. The van der Waals surface area contributed by atoms with E-state index in [4.69, 9.17) is 4.99 Å². The summed E-state index contributed by atoms with van der Waals surface area (Å²) in [7, 11) is 0. The Morgan fingerprint density at radius 1 is 1.23 bits per heavy atom. The number of aliphatic hydroxyl groups excluding tert-OH is 1. The van der Waals surface area contributed by atoms with Gasteiger partial charge in [-0.2, -0.15) is 0 Å². The second kappa shape index (κ2) is 11.2. The molecule has 1 saturated heterocycles. The van der Waals surface area contributed by atoms with Gasteiger partial charge in [0.25, 0.3) is 0 Å². The van der Waals surface area contributed by atoms with Gasteiger partial charge < -0.3 is 15.7 Å². The third-order valence-electron chi connectivity index (χ3n) is 5.31. The van der Waals surface area contributed by atoms with E-state index in [2.05, 4.69) is 48.4 Å². The van der Waals surface area contributed by atoms with Crippen molar-refractivity contribution in [3.63, 3.8) is 0 Å². The lowest BCUT2D eigenvalue weighted by Gasteiger charge is -2.34. The number of hydrogen-bond acceptors (Lipinski definition) is 3. The fourth-order valence-electron chi connectivity index (χ4n) is 3.38. The number of rotatable bonds is 8. The number of nitrogens with one attached hydrogen (secondary N) is 2. The Morgan fingerprint density at radius 2 is 1.92 bits per heavy atom. The van der Waals surface area contributed by atoms with Gasteiger partial charge >= 0.3 is 0 Å². The van der Waals surface area contributed by atoms with Crippen LogP contribution in [0, 0.1) is 5.92 Å². The van der Waals surface area contributed by atoms with E-state index >= 15 is 0 Å². The Balaban J connectivity index is 1.87. The lowest BCUT2D eigenvalue weighted by atomic mass is 9.98. The summed E-state index contributed by atoms with van der Waals surface area (Å²) in [6, 6.07) is 10.6. The molecule has 1 aromatic carbocycles. The molecule has 3 N–H and O–H groups in total. The summed E-state index contributed by atoms with van der Waals surface area (Å²) in [6.45, 7) is 11.5. The van der Waals surface area contributed by atoms with Crippen molar-refractivity contribution in [2.75, 3.05) is 39.3 Å². The largest absolute Gasteiger partial charge is 0.396 e. The Labute approximate surface area is 158 Å². The number of guanidine groups is 1. The van der Waals surface area contributed by atoms with Gasteiger partial charge in [-0.15, -0.1) is 0 Å². The average Bonchev–Trinajstić information content (AvgIpc) is 2.67. The molecule has 1 aromatic rings. The van der Waals surface area contributed by atoms with Crippen LogP contribution in [0.3, 0.4) is 0 Å². The summed E-state index contributed by atoms with van der Waals surface area (Å²) in [5.74, 6) is 1.76. The minimum atomic E-state index is 0.0704. The van der Waals surface area contributed by atoms with Crippen LogP contribution >= 0.6 is 0 Å². The summed E-state index contributed by atoms with van der Waals surface area (Å²) in [4.78, 5) is 7.33. The summed E-state index contributed by atoms with van der Waals surface area (Å²) >= 11 is 0. The first-order valence-electron chi connectivity index (χ1n) is 10.1. The van der Waals surface area contributed by atoms with Crippen LogP contribution in [-0.2, 0) is 0 Å². The molecule has 26 heavy (non-hydrogen) atoms. The lowest BCUT2D eigenvalue weighted by molar-refractivity contribution is 0.150. The molecule has 1 fully saturated rings. The highest BCUT2D eigenvalue weighted by atomic mass is 16.3. The number of nitrogens with zero attached hydrogens (tertiary/aromatic N) is 2. The van der Waals surface area contributed by atoms with Gasteiger partial charge in [0.2, 0.25) is 0 Å². The van der Waals surface area contributed by atoms with Gasteiger partial charge in [-0.25, -0.2) is 0 Å². The number of hydrogen-bond donors (Lipinski definition) is 3. The maximum atomic E-state index is 9.73. The molecule has 146 valence electrons. The van der Waals surface area contributed by atoms with E-state index in [0.29, 0.717) is 12.6 Å². The summed E-state index contributed by atoms with van der Waals surface area (Å²) < 4.78 is 0. The number of piperidine rings is 1. The number of benzene rings is 1. The van der Waals surface area contributed by atoms with E-state index in [1.54, 1.807) is 0 Å². The van der Waals surface area contributed by atoms with Crippen molar-refractivity contribution in [3.05, 3.63) is 35.9 Å². The van der Waals surface area contributed by atoms with Crippen LogP contribution in [0.5, 0.6) is 0 Å². The van der Waals surface area contributed by atoms with Gasteiger partial charge in [-0.05, 0) is 51.3 Å². The quantitative estimate of drug-likeness (QED) is 0.492. The molecular weight excluding hydrogens is 324 g/mol. The predicted octanol–water partition coefficient (Wildman–Crippen LogP) is 2.44. The highest BCUT2D eigenvalue weighted by Crippen LogP contribution is 2.18. The van der Waals surface area contributed by atoms with Crippen LogP contribution in [0.4, 0.5) is 0 Å². The van der Waals surface area contributed by atoms with Crippen LogP contribution in [0.15, 0.2) is 35.3 Å². The molecule has 0 aliphatic carbocycles. The second-order valence-electron chi connectivity index (χ2n) is 7.46. The standard InChI is InChI=1S/C21H36N4O/c1-4-22-21(23-14-18(3)25-12-10-17(2)11-13-25)24-15-20(16-26)19-8-6-5-7-9-19/h5-9,17-18,20,26H,4,10-16H2,1-3H3,(H2,22,23,24). The zero-order valence-corrected chi connectivity index (χ0v) is 16.6. The van der Waals surface area contributed by atoms with Crippen molar-refractivity contribution in [3.8, 4) is 0 Å². The van der Waals surface area contributed by atoms with Crippen LogP contribution in [0.2, 0.25) is 0 Å². The van der Waals surface area contributed by atoms with Crippen LogP contribution in [0.25, 0.3) is 0 Å². The first-order valence-corrected chi connectivity index (χ1v) is 10.1. The Bertz CT molecular complexity index is 526. The molecule has 1 aliphatic rings. The second-order valence-corrected chi connectivity index (χ2v) is 7.46. The van der Waals surface area contributed by atoms with Crippen molar-refractivity contribution in [1.29, 1.82) is 0 Å². The lowest BCUT2D eigenvalue weighted by Crippen LogP contribution is -2.43. The third kappa shape index (κ3) is 6.61. The van der Waals surface area contributed by atoms with Gasteiger partial charge in [0.05, 0.1) is 13.2 Å². The molecule has 0 radical (unpaired) electrons. The molecule has 2 rings (SSSR count). The van der Waals surface area contributed by atoms with Gasteiger partial charge in [0, 0.05) is 25.0 Å². The van der Waals surface area contributed by atoms with Crippen LogP contribution in [-0.4, -0.2) is 61.3 Å². The Morgan fingerprint density at radius 3 is 2.54 bits per heavy atom. The zero-order chi connectivity index (χ0) is 18.8. The molecule has 1 heterocycles. The first-order chi connectivity index (χ1) is 12.6. The van der Waals surface area contributed by atoms with Crippen molar-refractivity contribution in [1.82, 2.24) is 15.5 Å². The summed E-state index contributed by atoms with van der Waals surface area (Å²) in [5, 5.41) is 16.4. The van der Waals surface area contributed by atoms with E-state index < -0.39 is 0 Å². The first kappa shape index (κ1) is 20.7. The van der Waals surface area contributed by atoms with Gasteiger partial charge in [-0.3, -0.25) is 9.89 Å². The predicted molar refractivity (Wildman–Crippen MR) is 110 cm³/mol. The van der Waals surface area contributed by atoms with Crippen molar-refractivity contribution in [2.24, 2.45) is 10.9 Å². The average molecular weight is 361 g/mol. The Hall–Kier alpha value is -1.59. The molecule has 0 bridgehead atoms. The number of aliphatic imine (C=N–C) groups is 1. The van der Waals surface area contributed by atoms with Gasteiger partial charge in [0.1, 0.15) is 0 Å². The minimum absolute atomic E-state index is 0.0704. The number of aliphatic hydroxyl groups is 1. The molecule has 0 amide bonds. The van der Waals surface area contributed by atoms with Crippen molar-refractivity contribution >= 4 is 5.96 Å². The highest BCUT2D eigenvalue weighted by molar-refractivity contribution is 5.79. The smallest absolute Gasteiger partial charge is 0.191 e. The normalized spacial score (nSPS) is 19.2. The van der Waals surface area contributed by atoms with Crippen LogP contribution < -0.4 is 10.6 Å². The molecule has 5 nitrogen and oxygen atoms in total. The molecule has 0 spiro atoms. The number of likely N-dealkylation sites (tertiary alicyclic amines) is 1. The van der Waals surface area contributed by atoms with Gasteiger partial charge in [0.15, 0.2) is 5.96 Å². The molecule has 2 unspecified atom stereocenters. The van der Waals surface area contributed by atoms with E-state index in [9.17, 15) is 5.11 Å². The SMILES string of the molecule is CCNC(=NCC(C)N1CCC(C)CC1)NCC(CO)c1ccccc1. The van der Waals surface area contributed by atoms with E-state index in [1.165, 1.54) is 25.9 Å². The fourth-order valence-corrected chi connectivity index (χ4v) is 3.38. The molecular formula is C21H36N4O. The van der Waals surface area contributed by atoms with E-state index in [0.717, 1.165) is 30.5 Å². The molecule has 5 heteroatoms. The maximum absolute atomic E-state index is 9.73. The molecule has 0 saturated carbocycles. The van der Waals surface area contributed by atoms with Crippen molar-refractivity contribution < 1.29 is 5.11 Å². The molecule has 0 aromatic heterocycles. The molecule has 2 atom stereocenters. The van der Waals surface area contributed by atoms with Gasteiger partial charge in [-0.1, -0.05) is 37.3 Å². The topological polar surface area (TPSA) is 59.9 Å². The monoisotopic (exact) mass is 360 g/mol. The maximum Gasteiger partial charge on any atom is 0.191 e. The van der Waals surface area contributed by atoms with E-state index in [1.807, 2.05) is 18.2 Å². The van der Waals surface area contributed by atoms with E-state index in [-0.39, 0.29) is 12.5 Å². The molecule has 1 aliphatic heterocycles. The van der Waals surface area contributed by atoms with Crippen LogP contribution in [0.1, 0.15) is 45.1 Å². The Kier molecular flexibility index (Phi) is 8.92. The fraction of sp³-hybridized carbons (Fsp3) is 0.667. The minimum Gasteiger partial charge on any atom is -0.396 e. The highest BCUT2D eigenvalue weighted by Gasteiger charge is 2.20.